The van der Waals surface area contributed by atoms with Gasteiger partial charge < -0.3 is 10.2 Å². The molecule has 2 rings (SSSR count). The predicted octanol–water partition coefficient (Wildman–Crippen LogP) is 0.867. The van der Waals surface area contributed by atoms with Gasteiger partial charge in [-0.3, -0.25) is 9.59 Å². The first-order chi connectivity index (χ1) is 8.10. The Morgan fingerprint density at radius 1 is 1.47 bits per heavy atom. The lowest BCUT2D eigenvalue weighted by molar-refractivity contribution is -0.153. The van der Waals surface area contributed by atoms with Crippen molar-refractivity contribution in [1.29, 1.82) is 0 Å². The fourth-order valence-corrected chi connectivity index (χ4v) is 3.12. The maximum absolute atomic E-state index is 12.1. The third-order valence-corrected chi connectivity index (χ3v) is 4.64. The average molecular weight is 256 g/mol. The minimum Gasteiger partial charge on any atom is -0.345 e. The molecule has 1 atom stereocenters. The molecule has 2 fully saturated rings. The number of carbonyl (C=O) groups excluding carboxylic acids is 2. The normalized spacial score (nSPS) is 29.4. The van der Waals surface area contributed by atoms with Crippen molar-refractivity contribution in [1.82, 2.24) is 10.2 Å². The summed E-state index contributed by atoms with van der Waals surface area (Å²) >= 11 is 1.81. The van der Waals surface area contributed by atoms with Crippen LogP contribution < -0.4 is 5.32 Å². The third kappa shape index (κ3) is 2.30. The third-order valence-electron chi connectivity index (χ3n) is 3.76. The molecule has 1 N–H and O–H groups in total. The first kappa shape index (κ1) is 12.7. The van der Waals surface area contributed by atoms with Gasteiger partial charge in [0.05, 0.1) is 6.54 Å². The molecule has 2 aliphatic rings. The van der Waals surface area contributed by atoms with E-state index < -0.39 is 5.54 Å². The summed E-state index contributed by atoms with van der Waals surface area (Å²) in [6.07, 6.45) is 2.13. The molecule has 2 amide bonds. The number of thioether (sulfide) groups is 1. The van der Waals surface area contributed by atoms with E-state index in [9.17, 15) is 9.59 Å². The quantitative estimate of drug-likeness (QED) is 0.743. The molecule has 96 valence electrons. The molecule has 1 saturated carbocycles. The van der Waals surface area contributed by atoms with Crippen LogP contribution >= 0.6 is 11.8 Å². The van der Waals surface area contributed by atoms with E-state index in [1.807, 2.05) is 23.6 Å². The maximum atomic E-state index is 12.1. The molecule has 0 spiro atoms. The molecule has 0 aromatic carbocycles. The standard InChI is InChI=1S/C12H20N2O2S/c1-3-17-7-6-14-10(15)8-13-11(16)12(14,2)9-4-5-9/h9H,3-8H2,1-2H3,(H,13,16). The topological polar surface area (TPSA) is 49.4 Å². The highest BCUT2D eigenvalue weighted by Gasteiger charge is 2.54. The first-order valence-electron chi connectivity index (χ1n) is 6.27. The molecule has 1 aliphatic carbocycles. The van der Waals surface area contributed by atoms with E-state index in [-0.39, 0.29) is 18.4 Å². The van der Waals surface area contributed by atoms with Gasteiger partial charge in [0.25, 0.3) is 0 Å². The van der Waals surface area contributed by atoms with Crippen molar-refractivity contribution in [3.63, 3.8) is 0 Å². The lowest BCUT2D eigenvalue weighted by Gasteiger charge is -2.44. The molecule has 1 heterocycles. The van der Waals surface area contributed by atoms with Gasteiger partial charge in [0.15, 0.2) is 0 Å². The SMILES string of the molecule is CCSCCN1C(=O)CNC(=O)C1(C)C1CC1. The Balaban J connectivity index is 2.10. The van der Waals surface area contributed by atoms with Gasteiger partial charge in [0.2, 0.25) is 11.8 Å². The molecule has 0 bridgehead atoms. The smallest absolute Gasteiger partial charge is 0.246 e. The summed E-state index contributed by atoms with van der Waals surface area (Å²) in [7, 11) is 0. The van der Waals surface area contributed by atoms with Crippen molar-refractivity contribution in [2.24, 2.45) is 5.92 Å². The zero-order valence-corrected chi connectivity index (χ0v) is 11.3. The van der Waals surface area contributed by atoms with Crippen LogP contribution in [-0.2, 0) is 9.59 Å². The summed E-state index contributed by atoms with van der Waals surface area (Å²) in [6.45, 7) is 4.89. The van der Waals surface area contributed by atoms with Crippen molar-refractivity contribution < 1.29 is 9.59 Å². The van der Waals surface area contributed by atoms with Crippen LogP contribution in [0.2, 0.25) is 0 Å². The van der Waals surface area contributed by atoms with Crippen LogP contribution in [0, 0.1) is 5.92 Å². The number of hydrogen-bond donors (Lipinski definition) is 1. The Kier molecular flexibility index (Phi) is 3.66. The molecule has 17 heavy (non-hydrogen) atoms. The van der Waals surface area contributed by atoms with Crippen LogP contribution in [0.3, 0.4) is 0 Å². The number of nitrogens with one attached hydrogen (secondary N) is 1. The van der Waals surface area contributed by atoms with Gasteiger partial charge in [0, 0.05) is 12.3 Å². The molecule has 0 aromatic rings. The van der Waals surface area contributed by atoms with Crippen molar-refractivity contribution in [2.75, 3.05) is 24.6 Å². The summed E-state index contributed by atoms with van der Waals surface area (Å²) in [5, 5.41) is 2.73. The largest absolute Gasteiger partial charge is 0.345 e. The van der Waals surface area contributed by atoms with E-state index in [4.69, 9.17) is 0 Å². The van der Waals surface area contributed by atoms with Crippen molar-refractivity contribution in [3.8, 4) is 0 Å². The minimum atomic E-state index is -0.594. The van der Waals surface area contributed by atoms with Crippen molar-refractivity contribution in [3.05, 3.63) is 0 Å². The second-order valence-electron chi connectivity index (χ2n) is 4.85. The summed E-state index contributed by atoms with van der Waals surface area (Å²) in [6, 6.07) is 0. The summed E-state index contributed by atoms with van der Waals surface area (Å²) in [4.78, 5) is 25.9. The summed E-state index contributed by atoms with van der Waals surface area (Å²) in [5.74, 6) is 2.42. The Morgan fingerprint density at radius 2 is 2.18 bits per heavy atom. The number of piperazine rings is 1. The molecular weight excluding hydrogens is 236 g/mol. The summed E-state index contributed by atoms with van der Waals surface area (Å²) < 4.78 is 0. The van der Waals surface area contributed by atoms with E-state index in [1.165, 1.54) is 0 Å². The molecule has 1 unspecified atom stereocenters. The van der Waals surface area contributed by atoms with Crippen molar-refractivity contribution >= 4 is 23.6 Å². The van der Waals surface area contributed by atoms with E-state index in [1.54, 1.807) is 0 Å². The fraction of sp³-hybridized carbons (Fsp3) is 0.833. The van der Waals surface area contributed by atoms with Crippen LogP contribution in [0.4, 0.5) is 0 Å². The van der Waals surface area contributed by atoms with E-state index in [0.717, 1.165) is 24.3 Å². The molecule has 4 nitrogen and oxygen atoms in total. The Morgan fingerprint density at radius 3 is 2.76 bits per heavy atom. The van der Waals surface area contributed by atoms with Gasteiger partial charge in [-0.1, -0.05) is 6.92 Å². The highest BCUT2D eigenvalue weighted by molar-refractivity contribution is 7.99. The second-order valence-corrected chi connectivity index (χ2v) is 6.24. The van der Waals surface area contributed by atoms with Gasteiger partial charge in [0.1, 0.15) is 5.54 Å². The molecule has 0 aromatic heterocycles. The van der Waals surface area contributed by atoms with Gasteiger partial charge in [-0.15, -0.1) is 0 Å². The van der Waals surface area contributed by atoms with Gasteiger partial charge in [-0.2, -0.15) is 11.8 Å². The molecule has 1 aliphatic heterocycles. The number of amides is 2. The zero-order chi connectivity index (χ0) is 12.5. The highest BCUT2D eigenvalue weighted by atomic mass is 32.2. The number of carbonyl (C=O) groups is 2. The zero-order valence-electron chi connectivity index (χ0n) is 10.5. The maximum Gasteiger partial charge on any atom is 0.246 e. The first-order valence-corrected chi connectivity index (χ1v) is 7.42. The molecule has 0 radical (unpaired) electrons. The van der Waals surface area contributed by atoms with Crippen LogP contribution in [0.15, 0.2) is 0 Å². The van der Waals surface area contributed by atoms with E-state index in [0.29, 0.717) is 12.5 Å². The number of rotatable bonds is 5. The Labute approximate surface area is 106 Å². The molecule has 5 heteroatoms. The van der Waals surface area contributed by atoms with Crippen LogP contribution in [-0.4, -0.2) is 46.8 Å². The lowest BCUT2D eigenvalue weighted by Crippen LogP contribution is -2.67. The minimum absolute atomic E-state index is 0.0288. The van der Waals surface area contributed by atoms with Crippen LogP contribution in [0.1, 0.15) is 26.7 Å². The van der Waals surface area contributed by atoms with Crippen LogP contribution in [0.5, 0.6) is 0 Å². The number of nitrogens with zero attached hydrogens (tertiary/aromatic N) is 1. The van der Waals surface area contributed by atoms with E-state index in [2.05, 4.69) is 12.2 Å². The van der Waals surface area contributed by atoms with Gasteiger partial charge in [-0.05, 0) is 31.4 Å². The van der Waals surface area contributed by atoms with Gasteiger partial charge >= 0.3 is 0 Å². The van der Waals surface area contributed by atoms with E-state index >= 15 is 0 Å². The van der Waals surface area contributed by atoms with Crippen LogP contribution in [0.25, 0.3) is 0 Å². The monoisotopic (exact) mass is 256 g/mol. The number of hydrogen-bond acceptors (Lipinski definition) is 3. The Hall–Kier alpha value is -0.710. The predicted molar refractivity (Wildman–Crippen MR) is 68.9 cm³/mol. The molecule has 1 saturated heterocycles. The lowest BCUT2D eigenvalue weighted by atomic mass is 9.90. The average Bonchev–Trinajstić information content (AvgIpc) is 3.13. The Bertz CT molecular complexity index is 330. The van der Waals surface area contributed by atoms with Crippen molar-refractivity contribution in [2.45, 2.75) is 32.2 Å². The fourth-order valence-electron chi connectivity index (χ4n) is 2.52. The highest BCUT2D eigenvalue weighted by Crippen LogP contribution is 2.44. The molecular formula is C12H20N2O2S. The summed E-state index contributed by atoms with van der Waals surface area (Å²) in [5.41, 5.74) is -0.594. The van der Waals surface area contributed by atoms with Gasteiger partial charge in [-0.25, -0.2) is 0 Å². The second kappa shape index (κ2) is 4.88.